The Morgan fingerprint density at radius 2 is 1.72 bits per heavy atom. The van der Waals surface area contributed by atoms with E-state index >= 15 is 0 Å². The molecule has 4 fully saturated rings. The number of hydrogen-bond donors (Lipinski definition) is 2. The van der Waals surface area contributed by atoms with E-state index in [1.54, 1.807) is 0 Å². The number of amides is 3. The fourth-order valence-electron chi connectivity index (χ4n) is 5.12. The van der Waals surface area contributed by atoms with Crippen LogP contribution in [0.15, 0.2) is 18.2 Å². The number of urea groups is 1. The van der Waals surface area contributed by atoms with Gasteiger partial charge in [0.15, 0.2) is 0 Å². The summed E-state index contributed by atoms with van der Waals surface area (Å²) in [5.41, 5.74) is 0.584. The number of halogens is 1. The van der Waals surface area contributed by atoms with Gasteiger partial charge in [0.05, 0.1) is 5.69 Å². The smallest absolute Gasteiger partial charge is 0.322 e. The van der Waals surface area contributed by atoms with Gasteiger partial charge in [0, 0.05) is 25.2 Å². The Hall–Kier alpha value is -2.11. The quantitative estimate of drug-likeness (QED) is 0.856. The van der Waals surface area contributed by atoms with Gasteiger partial charge in [-0.3, -0.25) is 4.79 Å². The first-order valence-electron chi connectivity index (χ1n) is 9.12. The molecule has 2 unspecified atom stereocenters. The summed E-state index contributed by atoms with van der Waals surface area (Å²) in [4.78, 5) is 26.0. The van der Waals surface area contributed by atoms with Crippen molar-refractivity contribution in [1.29, 1.82) is 0 Å². The molecular formula is C19H24FN3O2. The normalized spacial score (nSPS) is 30.1. The number of nitrogens with one attached hydrogen (secondary N) is 2. The van der Waals surface area contributed by atoms with Crippen molar-refractivity contribution in [1.82, 2.24) is 4.90 Å². The van der Waals surface area contributed by atoms with Gasteiger partial charge in [-0.15, -0.1) is 0 Å². The number of nitrogens with zero attached hydrogens (tertiary/aromatic N) is 1. The first-order chi connectivity index (χ1) is 12.0. The molecule has 2 saturated carbocycles. The van der Waals surface area contributed by atoms with Crippen LogP contribution >= 0.6 is 0 Å². The molecule has 25 heavy (non-hydrogen) atoms. The molecule has 0 radical (unpaired) electrons. The molecule has 2 N–H and O–H groups in total. The van der Waals surface area contributed by atoms with Crippen LogP contribution in [0.5, 0.6) is 0 Å². The zero-order valence-electron chi connectivity index (χ0n) is 14.4. The van der Waals surface area contributed by atoms with Crippen molar-refractivity contribution < 1.29 is 14.0 Å². The van der Waals surface area contributed by atoms with Crippen molar-refractivity contribution >= 4 is 23.3 Å². The van der Waals surface area contributed by atoms with Crippen LogP contribution in [0.2, 0.25) is 0 Å². The third-order valence-electron chi connectivity index (χ3n) is 5.90. The lowest BCUT2D eigenvalue weighted by Crippen LogP contribution is -2.44. The Kier molecular flexibility index (Phi) is 4.13. The molecule has 2 aliphatic carbocycles. The van der Waals surface area contributed by atoms with E-state index in [2.05, 4.69) is 10.6 Å². The van der Waals surface area contributed by atoms with Gasteiger partial charge in [0.2, 0.25) is 5.91 Å². The van der Waals surface area contributed by atoms with Crippen molar-refractivity contribution in [2.45, 2.75) is 45.1 Å². The molecule has 0 spiro atoms. The third kappa shape index (κ3) is 3.34. The van der Waals surface area contributed by atoms with Gasteiger partial charge in [0.25, 0.3) is 0 Å². The predicted molar refractivity (Wildman–Crippen MR) is 93.8 cm³/mol. The van der Waals surface area contributed by atoms with E-state index in [0.29, 0.717) is 17.6 Å². The Bertz CT molecular complexity index is 694. The molecule has 0 aromatic heterocycles. The number of carbonyl (C=O) groups is 2. The summed E-state index contributed by atoms with van der Waals surface area (Å²) in [6.45, 7) is 2.15. The number of carbonyl (C=O) groups excluding carboxylic acids is 2. The van der Waals surface area contributed by atoms with Crippen LogP contribution < -0.4 is 10.6 Å². The molecule has 2 atom stereocenters. The summed E-state index contributed by atoms with van der Waals surface area (Å²) in [6.07, 6.45) is 6.06. The van der Waals surface area contributed by atoms with Crippen LogP contribution in [0.1, 0.15) is 39.0 Å². The lowest BCUT2D eigenvalue weighted by Gasteiger charge is -2.38. The average molecular weight is 345 g/mol. The molecule has 3 amide bonds. The van der Waals surface area contributed by atoms with Gasteiger partial charge < -0.3 is 15.5 Å². The zero-order valence-corrected chi connectivity index (χ0v) is 14.4. The number of fused-ring (bicyclic) bond motifs is 1. The lowest BCUT2D eigenvalue weighted by atomic mass is 9.68. The van der Waals surface area contributed by atoms with E-state index in [1.807, 2.05) is 4.90 Å². The zero-order chi connectivity index (χ0) is 17.6. The molecule has 4 bridgehead atoms. The number of rotatable bonds is 2. The predicted octanol–water partition coefficient (Wildman–Crippen LogP) is 3.83. The van der Waals surface area contributed by atoms with Gasteiger partial charge in [0.1, 0.15) is 5.82 Å². The maximum absolute atomic E-state index is 13.8. The monoisotopic (exact) mass is 345 g/mol. The van der Waals surface area contributed by atoms with Gasteiger partial charge >= 0.3 is 6.03 Å². The highest BCUT2D eigenvalue weighted by atomic mass is 19.1. The maximum atomic E-state index is 13.8. The van der Waals surface area contributed by atoms with Crippen LogP contribution in [0.25, 0.3) is 0 Å². The molecule has 4 aliphatic rings. The largest absolute Gasteiger partial charge is 0.324 e. The maximum Gasteiger partial charge on any atom is 0.322 e. The molecular weight excluding hydrogens is 321 g/mol. The SMILES string of the molecule is CC(=O)Nc1cc(NC(=O)N2CC3CC4CC(C3)CC2C4)ccc1F. The van der Waals surface area contributed by atoms with Crippen molar-refractivity contribution in [3.8, 4) is 0 Å². The van der Waals surface area contributed by atoms with Crippen LogP contribution in [-0.2, 0) is 4.79 Å². The molecule has 2 saturated heterocycles. The molecule has 2 heterocycles. The first-order valence-corrected chi connectivity index (χ1v) is 9.12. The van der Waals surface area contributed by atoms with E-state index in [1.165, 1.54) is 44.4 Å². The summed E-state index contributed by atoms with van der Waals surface area (Å²) >= 11 is 0. The Labute approximate surface area is 147 Å². The third-order valence-corrected chi connectivity index (χ3v) is 5.90. The van der Waals surface area contributed by atoms with E-state index < -0.39 is 5.82 Å². The van der Waals surface area contributed by atoms with Crippen molar-refractivity contribution in [2.24, 2.45) is 17.8 Å². The minimum Gasteiger partial charge on any atom is -0.324 e. The average Bonchev–Trinajstić information content (AvgIpc) is 2.74. The summed E-state index contributed by atoms with van der Waals surface area (Å²) < 4.78 is 13.8. The number of anilines is 2. The molecule has 5 nitrogen and oxygen atoms in total. The minimum atomic E-state index is -0.515. The van der Waals surface area contributed by atoms with Gasteiger partial charge in [-0.2, -0.15) is 0 Å². The standard InChI is InChI=1S/C19H24FN3O2/c1-11(24)21-18-9-15(2-3-17(18)20)22-19(25)23-10-14-5-12-4-13(6-14)8-16(23)7-12/h2-3,9,12-14,16H,4-8,10H2,1H3,(H,21,24)(H,22,25). The minimum absolute atomic E-state index is 0.0844. The second-order valence-electron chi connectivity index (χ2n) is 7.89. The lowest BCUT2D eigenvalue weighted by molar-refractivity contribution is -0.114. The molecule has 1 aromatic rings. The van der Waals surface area contributed by atoms with Crippen molar-refractivity contribution in [3.63, 3.8) is 0 Å². The van der Waals surface area contributed by atoms with Crippen molar-refractivity contribution in [2.75, 3.05) is 17.2 Å². The second-order valence-corrected chi connectivity index (χ2v) is 7.89. The van der Waals surface area contributed by atoms with Crippen LogP contribution in [0.4, 0.5) is 20.6 Å². The molecule has 5 rings (SSSR count). The van der Waals surface area contributed by atoms with Gasteiger partial charge in [-0.1, -0.05) is 0 Å². The van der Waals surface area contributed by atoms with E-state index in [0.717, 1.165) is 31.2 Å². The van der Waals surface area contributed by atoms with Crippen LogP contribution in [0.3, 0.4) is 0 Å². The second kappa shape index (κ2) is 6.32. The van der Waals surface area contributed by atoms with Crippen LogP contribution in [-0.4, -0.2) is 29.4 Å². The Morgan fingerprint density at radius 1 is 1.04 bits per heavy atom. The van der Waals surface area contributed by atoms with E-state index in [9.17, 15) is 14.0 Å². The highest BCUT2D eigenvalue weighted by Gasteiger charge is 2.44. The highest BCUT2D eigenvalue weighted by Crippen LogP contribution is 2.47. The number of hydrogen-bond acceptors (Lipinski definition) is 2. The van der Waals surface area contributed by atoms with Crippen molar-refractivity contribution in [3.05, 3.63) is 24.0 Å². The van der Waals surface area contributed by atoms with E-state index in [-0.39, 0.29) is 17.6 Å². The summed E-state index contributed by atoms with van der Waals surface area (Å²) in [7, 11) is 0. The van der Waals surface area contributed by atoms with Crippen LogP contribution in [0, 0.1) is 23.6 Å². The van der Waals surface area contributed by atoms with Gasteiger partial charge in [-0.25, -0.2) is 9.18 Å². The fraction of sp³-hybridized carbons (Fsp3) is 0.579. The molecule has 1 aromatic carbocycles. The summed E-state index contributed by atoms with van der Waals surface area (Å²) in [5.74, 6) is 1.31. The van der Waals surface area contributed by atoms with E-state index in [4.69, 9.17) is 0 Å². The number of benzene rings is 1. The first kappa shape index (κ1) is 16.4. The van der Waals surface area contributed by atoms with Gasteiger partial charge in [-0.05, 0) is 68.1 Å². The summed E-state index contributed by atoms with van der Waals surface area (Å²) in [6, 6.07) is 4.47. The Balaban J connectivity index is 1.49. The topological polar surface area (TPSA) is 61.4 Å². The summed E-state index contributed by atoms with van der Waals surface area (Å²) in [5, 5.41) is 5.34. The molecule has 134 valence electrons. The highest BCUT2D eigenvalue weighted by molar-refractivity contribution is 5.92. The Morgan fingerprint density at radius 3 is 2.40 bits per heavy atom. The molecule has 2 aliphatic heterocycles. The molecule has 6 heteroatoms. The fourth-order valence-corrected chi connectivity index (χ4v) is 5.12.